The zero-order valence-corrected chi connectivity index (χ0v) is 23.1. The summed E-state index contributed by atoms with van der Waals surface area (Å²) in [6.45, 7) is 6.23. The van der Waals surface area contributed by atoms with Crippen molar-refractivity contribution in [3.05, 3.63) is 107 Å². The Morgan fingerprint density at radius 3 is 2.65 bits per heavy atom. The maximum Gasteiger partial charge on any atom is 0.133 e. The molecule has 0 bridgehead atoms. The van der Waals surface area contributed by atoms with Gasteiger partial charge in [0.05, 0.1) is 16.9 Å². The number of halogens is 1. The molecule has 0 fully saturated rings. The molecule has 4 aromatic rings. The second-order valence-corrected chi connectivity index (χ2v) is 10.7. The van der Waals surface area contributed by atoms with Crippen LogP contribution in [-0.2, 0) is 7.05 Å². The average Bonchev–Trinajstić information content (AvgIpc) is 3.14. The first-order valence-corrected chi connectivity index (χ1v) is 13.4. The van der Waals surface area contributed by atoms with E-state index in [0.29, 0.717) is 17.5 Å². The largest absolute Gasteiger partial charge is 0.402 e. The number of dihydropyridines is 1. The predicted molar refractivity (Wildman–Crippen MR) is 159 cm³/mol. The lowest BCUT2D eigenvalue weighted by molar-refractivity contribution is 0.631. The van der Waals surface area contributed by atoms with E-state index in [0.717, 1.165) is 62.5 Å². The maximum absolute atomic E-state index is 15.5. The fourth-order valence-corrected chi connectivity index (χ4v) is 5.49. The standard InChI is InChI=1S/C32H32FN7/c1-18(2)37-23-11-21(16-36-17-23)25-13-27-30(14-28(25)33)40(4)39-32(27)31-19(3)10-26-24(20-6-5-9-35-15-20)8-7-22(34)12-29(26)38-31/h5-9,11,13-18,37-38H,10,12,34H2,1-4H3. The zero-order valence-electron chi connectivity index (χ0n) is 23.1. The van der Waals surface area contributed by atoms with Gasteiger partial charge in [-0.15, -0.1) is 0 Å². The summed E-state index contributed by atoms with van der Waals surface area (Å²) in [5.74, 6) is -0.314. The van der Waals surface area contributed by atoms with Crippen molar-refractivity contribution in [3.8, 4) is 11.1 Å². The monoisotopic (exact) mass is 533 g/mol. The van der Waals surface area contributed by atoms with Gasteiger partial charge >= 0.3 is 0 Å². The van der Waals surface area contributed by atoms with Crippen LogP contribution in [0, 0.1) is 5.82 Å². The van der Waals surface area contributed by atoms with E-state index in [4.69, 9.17) is 10.8 Å². The molecule has 8 heteroatoms. The topological polar surface area (TPSA) is 93.7 Å². The Kier molecular flexibility index (Phi) is 6.46. The first kappa shape index (κ1) is 25.6. The number of rotatable bonds is 5. The lowest BCUT2D eigenvalue weighted by atomic mass is 9.88. The molecule has 4 N–H and O–H groups in total. The molecule has 202 valence electrons. The number of fused-ring (bicyclic) bond motifs is 1. The number of nitrogens with zero attached hydrogens (tertiary/aromatic N) is 4. The third kappa shape index (κ3) is 4.66. The van der Waals surface area contributed by atoms with Crippen LogP contribution in [0.4, 0.5) is 10.1 Å². The highest BCUT2D eigenvalue weighted by molar-refractivity contribution is 5.95. The molecule has 0 saturated carbocycles. The predicted octanol–water partition coefficient (Wildman–Crippen LogP) is 6.30. The van der Waals surface area contributed by atoms with Crippen LogP contribution in [-0.4, -0.2) is 25.8 Å². The molecule has 0 atom stereocenters. The highest BCUT2D eigenvalue weighted by Crippen LogP contribution is 2.40. The van der Waals surface area contributed by atoms with Gasteiger partial charge in [0.1, 0.15) is 11.5 Å². The van der Waals surface area contributed by atoms with E-state index in [1.807, 2.05) is 37.5 Å². The number of hydrogen-bond acceptors (Lipinski definition) is 6. The van der Waals surface area contributed by atoms with E-state index in [9.17, 15) is 0 Å². The van der Waals surface area contributed by atoms with Gasteiger partial charge in [-0.25, -0.2) is 4.39 Å². The third-order valence-electron chi connectivity index (χ3n) is 7.33. The van der Waals surface area contributed by atoms with Crippen molar-refractivity contribution in [1.29, 1.82) is 0 Å². The summed E-state index contributed by atoms with van der Waals surface area (Å²) in [5, 5.41) is 12.8. The number of aromatic nitrogens is 4. The average molecular weight is 534 g/mol. The molecule has 0 unspecified atom stereocenters. The Morgan fingerprint density at radius 1 is 1.05 bits per heavy atom. The minimum absolute atomic E-state index is 0.238. The molecular weight excluding hydrogens is 501 g/mol. The number of allylic oxidation sites excluding steroid dienone is 5. The minimum Gasteiger partial charge on any atom is -0.402 e. The van der Waals surface area contributed by atoms with Crippen LogP contribution >= 0.6 is 0 Å². The van der Waals surface area contributed by atoms with E-state index < -0.39 is 0 Å². The Balaban J connectivity index is 1.43. The van der Waals surface area contributed by atoms with E-state index >= 15 is 4.39 Å². The van der Waals surface area contributed by atoms with Crippen molar-refractivity contribution < 1.29 is 4.39 Å². The summed E-state index contributed by atoms with van der Waals surface area (Å²) < 4.78 is 17.2. The third-order valence-corrected chi connectivity index (χ3v) is 7.33. The van der Waals surface area contributed by atoms with Crippen LogP contribution in [0.15, 0.2) is 89.8 Å². The van der Waals surface area contributed by atoms with Crippen molar-refractivity contribution >= 4 is 27.9 Å². The molecule has 1 aliphatic carbocycles. The number of nitrogens with two attached hydrogens (primary N) is 1. The van der Waals surface area contributed by atoms with Gasteiger partial charge in [0, 0.05) is 83.8 Å². The fraction of sp³-hybridized carbons (Fsp3) is 0.219. The van der Waals surface area contributed by atoms with Gasteiger partial charge < -0.3 is 16.4 Å². The normalized spacial score (nSPS) is 15.6. The Bertz CT molecular complexity index is 1760. The van der Waals surface area contributed by atoms with Crippen LogP contribution in [0.2, 0.25) is 0 Å². The van der Waals surface area contributed by atoms with E-state index in [1.165, 1.54) is 5.57 Å². The van der Waals surface area contributed by atoms with Crippen LogP contribution in [0.25, 0.3) is 33.3 Å². The summed E-state index contributed by atoms with van der Waals surface area (Å²) in [6.07, 6.45) is 12.5. The van der Waals surface area contributed by atoms with Gasteiger partial charge in [-0.05, 0) is 68.2 Å². The molecule has 1 aliphatic heterocycles. The van der Waals surface area contributed by atoms with Crippen LogP contribution < -0.4 is 16.4 Å². The second-order valence-electron chi connectivity index (χ2n) is 10.7. The van der Waals surface area contributed by atoms with Crippen LogP contribution in [0.5, 0.6) is 0 Å². The van der Waals surface area contributed by atoms with Crippen molar-refractivity contribution in [2.75, 3.05) is 5.32 Å². The summed E-state index contributed by atoms with van der Waals surface area (Å²) in [5.41, 5.74) is 17.2. The molecule has 1 aromatic carbocycles. The quantitative estimate of drug-likeness (QED) is 0.279. The molecule has 6 rings (SSSR count). The Hall–Kier alpha value is -4.72. The molecule has 0 spiro atoms. The van der Waals surface area contributed by atoms with E-state index in [-0.39, 0.29) is 11.9 Å². The van der Waals surface area contributed by atoms with Crippen molar-refractivity contribution in [1.82, 2.24) is 25.1 Å². The smallest absolute Gasteiger partial charge is 0.133 e. The highest BCUT2D eigenvalue weighted by Gasteiger charge is 2.27. The SMILES string of the molecule is CC1=C(c2nn(C)c3cc(F)c(-c4cncc(NC(C)C)c4)cc23)NC2=C(C1)C(c1cccnc1)=CC=C(N)C2. The van der Waals surface area contributed by atoms with Crippen molar-refractivity contribution in [3.63, 3.8) is 0 Å². The van der Waals surface area contributed by atoms with Gasteiger partial charge in [0.15, 0.2) is 0 Å². The first-order valence-electron chi connectivity index (χ1n) is 13.4. The molecule has 3 aromatic heterocycles. The lowest BCUT2D eigenvalue weighted by Gasteiger charge is -2.26. The maximum atomic E-state index is 15.5. The summed E-state index contributed by atoms with van der Waals surface area (Å²) >= 11 is 0. The molecule has 0 saturated heterocycles. The van der Waals surface area contributed by atoms with Gasteiger partial charge in [0.2, 0.25) is 0 Å². The van der Waals surface area contributed by atoms with Crippen LogP contribution in [0.1, 0.15) is 44.9 Å². The lowest BCUT2D eigenvalue weighted by Crippen LogP contribution is -2.22. The number of hydrogen-bond donors (Lipinski definition) is 3. The molecular formula is C32H32FN7. The molecule has 2 aliphatic rings. The number of pyridine rings is 2. The van der Waals surface area contributed by atoms with Gasteiger partial charge in [0.25, 0.3) is 0 Å². The number of nitrogens with one attached hydrogen (secondary N) is 2. The summed E-state index contributed by atoms with van der Waals surface area (Å²) in [6, 6.07) is 9.62. The van der Waals surface area contributed by atoms with Gasteiger partial charge in [-0.1, -0.05) is 12.1 Å². The van der Waals surface area contributed by atoms with E-state index in [1.54, 1.807) is 29.3 Å². The van der Waals surface area contributed by atoms with Gasteiger partial charge in [-0.2, -0.15) is 5.10 Å². The molecule has 0 amide bonds. The van der Waals surface area contributed by atoms with E-state index in [2.05, 4.69) is 53.5 Å². The zero-order chi connectivity index (χ0) is 28.0. The molecule has 7 nitrogen and oxygen atoms in total. The fourth-order valence-electron chi connectivity index (χ4n) is 5.49. The number of benzene rings is 1. The molecule has 0 radical (unpaired) electrons. The highest BCUT2D eigenvalue weighted by atomic mass is 19.1. The van der Waals surface area contributed by atoms with Gasteiger partial charge in [-0.3, -0.25) is 14.6 Å². The number of anilines is 1. The summed E-state index contributed by atoms with van der Waals surface area (Å²) in [4.78, 5) is 8.68. The van der Waals surface area contributed by atoms with Crippen molar-refractivity contribution in [2.45, 2.75) is 39.7 Å². The Morgan fingerprint density at radius 2 is 1.88 bits per heavy atom. The molecule has 4 heterocycles. The Labute approximate surface area is 233 Å². The summed E-state index contributed by atoms with van der Waals surface area (Å²) in [7, 11) is 1.85. The minimum atomic E-state index is -0.314. The number of aryl methyl sites for hydroxylation is 1. The molecule has 40 heavy (non-hydrogen) atoms. The second kappa shape index (κ2) is 10.1. The first-order chi connectivity index (χ1) is 19.3. The van der Waals surface area contributed by atoms with Crippen molar-refractivity contribution in [2.24, 2.45) is 12.8 Å². The van der Waals surface area contributed by atoms with Crippen LogP contribution in [0.3, 0.4) is 0 Å².